The van der Waals surface area contributed by atoms with Crippen LogP contribution in [-0.2, 0) is 23.9 Å². The van der Waals surface area contributed by atoms with Crippen LogP contribution in [0, 0.1) is 0 Å². The fraction of sp³-hybridized carbons (Fsp3) is 0.500. The van der Waals surface area contributed by atoms with E-state index in [1.807, 2.05) is 0 Å². The first-order chi connectivity index (χ1) is 6.82. The summed E-state index contributed by atoms with van der Waals surface area (Å²) in [5, 5.41) is 0. The van der Waals surface area contributed by atoms with E-state index < -0.39 is 24.0 Å². The summed E-state index contributed by atoms with van der Waals surface area (Å²) in [4.78, 5) is 32.1. The Bertz CT molecular complexity index is 292. The van der Waals surface area contributed by atoms with E-state index in [2.05, 4.69) is 11.3 Å². The maximum atomic E-state index is 11.1. The molecule has 1 atom stereocenters. The monoisotopic (exact) mass is 214 g/mol. The second kappa shape index (κ2) is 5.95. The zero-order valence-electron chi connectivity index (χ0n) is 9.03. The van der Waals surface area contributed by atoms with Gasteiger partial charge in [-0.2, -0.15) is 0 Å². The molecule has 0 radical (unpaired) electrons. The maximum Gasteiger partial charge on any atom is 0.341 e. The summed E-state index contributed by atoms with van der Waals surface area (Å²) in [6, 6.07) is 0. The van der Waals surface area contributed by atoms with Gasteiger partial charge in [0, 0.05) is 25.8 Å². The summed E-state index contributed by atoms with van der Waals surface area (Å²) in [5.74, 6) is -1.92. The molecule has 0 spiro atoms. The van der Waals surface area contributed by atoms with Gasteiger partial charge in [0.25, 0.3) is 0 Å². The van der Waals surface area contributed by atoms with E-state index in [4.69, 9.17) is 4.74 Å². The Morgan fingerprint density at radius 1 is 1.20 bits per heavy atom. The Balaban J connectivity index is 4.07. The highest BCUT2D eigenvalue weighted by Gasteiger charge is 2.15. The van der Waals surface area contributed by atoms with Crippen LogP contribution < -0.4 is 0 Å². The molecule has 0 amide bonds. The molecule has 84 valence electrons. The van der Waals surface area contributed by atoms with E-state index >= 15 is 0 Å². The van der Waals surface area contributed by atoms with Gasteiger partial charge in [-0.05, 0) is 6.92 Å². The highest BCUT2D eigenvalue weighted by Crippen LogP contribution is 2.08. The number of hydrogen-bond acceptors (Lipinski definition) is 5. The predicted molar refractivity (Wildman–Crippen MR) is 51.8 cm³/mol. The molecule has 15 heavy (non-hydrogen) atoms. The van der Waals surface area contributed by atoms with Gasteiger partial charge in [-0.15, -0.1) is 0 Å². The lowest BCUT2D eigenvalue weighted by atomic mass is 10.1. The van der Waals surface area contributed by atoms with Crippen molar-refractivity contribution in [2.75, 3.05) is 0 Å². The number of carbonyl (C=O) groups is 3. The lowest BCUT2D eigenvalue weighted by Crippen LogP contribution is -2.18. The van der Waals surface area contributed by atoms with Crippen LogP contribution in [0.4, 0.5) is 0 Å². The predicted octanol–water partition coefficient (Wildman–Crippen LogP) is 0.974. The Kier molecular flexibility index (Phi) is 5.30. The normalized spacial score (nSPS) is 11.4. The molecule has 5 heteroatoms. The van der Waals surface area contributed by atoms with Crippen molar-refractivity contribution in [1.82, 2.24) is 0 Å². The largest absolute Gasteiger partial charge is 0.463 e. The van der Waals surface area contributed by atoms with E-state index in [-0.39, 0.29) is 12.0 Å². The van der Waals surface area contributed by atoms with Crippen LogP contribution in [0.1, 0.15) is 27.2 Å². The Morgan fingerprint density at radius 3 is 2.13 bits per heavy atom. The summed E-state index contributed by atoms with van der Waals surface area (Å²) in [7, 11) is 0. The van der Waals surface area contributed by atoms with Gasteiger partial charge < -0.3 is 9.47 Å². The van der Waals surface area contributed by atoms with E-state index in [0.717, 1.165) is 6.92 Å². The lowest BCUT2D eigenvalue weighted by molar-refractivity contribution is -0.156. The Labute approximate surface area is 88.0 Å². The van der Waals surface area contributed by atoms with Gasteiger partial charge in [0.15, 0.2) is 0 Å². The third-order valence-corrected chi connectivity index (χ3v) is 1.43. The molecule has 0 saturated carbocycles. The van der Waals surface area contributed by atoms with E-state index in [1.54, 1.807) is 6.92 Å². The number of rotatable bonds is 4. The van der Waals surface area contributed by atoms with Gasteiger partial charge in [0.2, 0.25) is 0 Å². The highest BCUT2D eigenvalue weighted by atomic mass is 16.6. The molecule has 0 rings (SSSR count). The van der Waals surface area contributed by atoms with Crippen LogP contribution in [0.25, 0.3) is 0 Å². The third kappa shape index (κ3) is 6.42. The minimum absolute atomic E-state index is 0.0962. The van der Waals surface area contributed by atoms with Gasteiger partial charge in [-0.25, -0.2) is 4.79 Å². The van der Waals surface area contributed by atoms with Crippen molar-refractivity contribution in [2.24, 2.45) is 0 Å². The highest BCUT2D eigenvalue weighted by molar-refractivity contribution is 5.95. The average Bonchev–Trinajstić information content (AvgIpc) is 2.00. The van der Waals surface area contributed by atoms with Crippen molar-refractivity contribution in [1.29, 1.82) is 0 Å². The summed E-state index contributed by atoms with van der Waals surface area (Å²) in [6.45, 7) is 7.45. The molecule has 5 nitrogen and oxygen atoms in total. The van der Waals surface area contributed by atoms with Gasteiger partial charge >= 0.3 is 17.9 Å². The summed E-state index contributed by atoms with van der Waals surface area (Å²) in [5.41, 5.74) is 0.0962. The molecular weight excluding hydrogens is 200 g/mol. The van der Waals surface area contributed by atoms with Crippen LogP contribution in [0.3, 0.4) is 0 Å². The molecule has 0 heterocycles. The van der Waals surface area contributed by atoms with Gasteiger partial charge in [0.05, 0.1) is 0 Å². The van der Waals surface area contributed by atoms with Crippen LogP contribution in [0.15, 0.2) is 12.2 Å². The number of ether oxygens (including phenoxy) is 2. The zero-order chi connectivity index (χ0) is 12.0. The fourth-order valence-corrected chi connectivity index (χ4v) is 0.958. The molecule has 0 aromatic heterocycles. The number of carbonyl (C=O) groups excluding carboxylic acids is 3. The number of esters is 3. The Hall–Kier alpha value is -1.65. The minimum Gasteiger partial charge on any atom is -0.463 e. The van der Waals surface area contributed by atoms with Crippen molar-refractivity contribution in [3.05, 3.63) is 12.2 Å². The summed E-state index contributed by atoms with van der Waals surface area (Å²) in [6.07, 6.45) is -0.319. The van der Waals surface area contributed by atoms with E-state index in [1.165, 1.54) is 6.92 Å². The van der Waals surface area contributed by atoms with Crippen molar-refractivity contribution in [2.45, 2.75) is 33.3 Å². The van der Waals surface area contributed by atoms with Crippen LogP contribution >= 0.6 is 0 Å². The van der Waals surface area contributed by atoms with Crippen molar-refractivity contribution in [3.8, 4) is 0 Å². The quantitative estimate of drug-likeness (QED) is 0.396. The molecule has 0 aliphatic heterocycles. The van der Waals surface area contributed by atoms with Crippen LogP contribution in [-0.4, -0.2) is 24.0 Å². The van der Waals surface area contributed by atoms with Gasteiger partial charge in [-0.1, -0.05) is 6.58 Å². The SMILES string of the molecule is C=C(CC(C)OC(C)=O)C(=O)OC(C)=O. The first-order valence-corrected chi connectivity index (χ1v) is 4.40. The molecule has 0 aliphatic rings. The molecule has 0 aromatic rings. The standard InChI is InChI=1S/C10H14O5/c1-6(10(13)15-9(4)12)5-7(2)14-8(3)11/h7H,1,5H2,2-4H3. The van der Waals surface area contributed by atoms with Crippen molar-refractivity contribution < 1.29 is 23.9 Å². The zero-order valence-corrected chi connectivity index (χ0v) is 9.03. The smallest absolute Gasteiger partial charge is 0.341 e. The van der Waals surface area contributed by atoms with E-state index in [9.17, 15) is 14.4 Å². The molecule has 1 unspecified atom stereocenters. The maximum absolute atomic E-state index is 11.1. The molecule has 0 aromatic carbocycles. The Morgan fingerprint density at radius 2 is 1.73 bits per heavy atom. The van der Waals surface area contributed by atoms with Gasteiger partial charge in [0.1, 0.15) is 6.10 Å². The molecule has 0 aliphatic carbocycles. The van der Waals surface area contributed by atoms with Crippen molar-refractivity contribution >= 4 is 17.9 Å². The minimum atomic E-state index is -0.790. The fourth-order valence-electron chi connectivity index (χ4n) is 0.958. The second-order valence-corrected chi connectivity index (χ2v) is 3.11. The number of hydrogen-bond donors (Lipinski definition) is 0. The molecule has 0 N–H and O–H groups in total. The third-order valence-electron chi connectivity index (χ3n) is 1.43. The summed E-state index contributed by atoms with van der Waals surface area (Å²) >= 11 is 0. The lowest BCUT2D eigenvalue weighted by Gasteiger charge is -2.11. The molecule has 0 bridgehead atoms. The van der Waals surface area contributed by atoms with Crippen LogP contribution in [0.5, 0.6) is 0 Å². The topological polar surface area (TPSA) is 69.7 Å². The first-order valence-electron chi connectivity index (χ1n) is 4.40. The molecular formula is C10H14O5. The van der Waals surface area contributed by atoms with Crippen LogP contribution in [0.2, 0.25) is 0 Å². The summed E-state index contributed by atoms with van der Waals surface area (Å²) < 4.78 is 9.08. The van der Waals surface area contributed by atoms with Crippen molar-refractivity contribution in [3.63, 3.8) is 0 Å². The first kappa shape index (κ1) is 13.4. The molecule has 0 saturated heterocycles. The average molecular weight is 214 g/mol. The van der Waals surface area contributed by atoms with Gasteiger partial charge in [-0.3, -0.25) is 9.59 Å². The van der Waals surface area contributed by atoms with E-state index in [0.29, 0.717) is 0 Å². The second-order valence-electron chi connectivity index (χ2n) is 3.11. The molecule has 0 fully saturated rings.